The van der Waals surface area contributed by atoms with Crippen molar-refractivity contribution in [1.82, 2.24) is 0 Å². The van der Waals surface area contributed by atoms with Crippen LogP contribution in [0.15, 0.2) is 11.3 Å². The third-order valence-electron chi connectivity index (χ3n) is 2.35. The van der Waals surface area contributed by atoms with Crippen molar-refractivity contribution in [3.63, 3.8) is 0 Å². The fourth-order valence-electron chi connectivity index (χ4n) is 1.81. The van der Waals surface area contributed by atoms with Crippen LogP contribution >= 0.6 is 0 Å². The third kappa shape index (κ3) is 2.82. The van der Waals surface area contributed by atoms with E-state index in [0.29, 0.717) is 0 Å². The van der Waals surface area contributed by atoms with Gasteiger partial charge in [0.25, 0.3) is 0 Å². The minimum Gasteiger partial charge on any atom is -0.0955 e. The second kappa shape index (κ2) is 3.14. The monoisotopic (exact) mass is 168 g/mol. The van der Waals surface area contributed by atoms with Gasteiger partial charge in [0.2, 0.25) is 0 Å². The van der Waals surface area contributed by atoms with E-state index in [9.17, 15) is 0 Å². The van der Waals surface area contributed by atoms with Crippen LogP contribution in [0.5, 0.6) is 0 Å². The third-order valence-corrected chi connectivity index (χ3v) is 3.59. The fraction of sp³-hybridized carbons (Fsp3) is 0.800. The van der Waals surface area contributed by atoms with Crippen LogP contribution in [0.3, 0.4) is 0 Å². The van der Waals surface area contributed by atoms with Gasteiger partial charge in [0.1, 0.15) is 0 Å². The molecule has 1 aliphatic carbocycles. The summed E-state index contributed by atoms with van der Waals surface area (Å²) in [7, 11) is -0.926. The SMILES string of the molecule is CC1CCC/C1=C\[Si](C)(C)C. The predicted molar refractivity (Wildman–Crippen MR) is 54.4 cm³/mol. The maximum atomic E-state index is 2.60. The lowest BCUT2D eigenvalue weighted by atomic mass is 10.1. The molecule has 0 aromatic heterocycles. The van der Waals surface area contributed by atoms with Crippen LogP contribution in [-0.2, 0) is 0 Å². The van der Waals surface area contributed by atoms with Gasteiger partial charge in [-0.05, 0) is 25.2 Å². The van der Waals surface area contributed by atoms with Gasteiger partial charge in [-0.15, -0.1) is 0 Å². The van der Waals surface area contributed by atoms with Crippen LogP contribution in [0.25, 0.3) is 0 Å². The van der Waals surface area contributed by atoms with Crippen LogP contribution in [-0.4, -0.2) is 8.07 Å². The first kappa shape index (κ1) is 9.05. The molecular formula is C10H20Si. The molecule has 0 heterocycles. The molecule has 1 fully saturated rings. The van der Waals surface area contributed by atoms with Crippen LogP contribution in [0.1, 0.15) is 26.2 Å². The predicted octanol–water partition coefficient (Wildman–Crippen LogP) is 3.61. The molecule has 1 saturated carbocycles. The fourth-order valence-corrected chi connectivity index (χ4v) is 3.36. The quantitative estimate of drug-likeness (QED) is 0.525. The van der Waals surface area contributed by atoms with E-state index >= 15 is 0 Å². The van der Waals surface area contributed by atoms with Crippen LogP contribution in [0, 0.1) is 5.92 Å². The maximum Gasteiger partial charge on any atom is 0.0686 e. The molecule has 0 radical (unpaired) electrons. The molecule has 0 aromatic carbocycles. The zero-order valence-corrected chi connectivity index (χ0v) is 9.28. The Morgan fingerprint density at radius 2 is 2.00 bits per heavy atom. The lowest BCUT2D eigenvalue weighted by molar-refractivity contribution is 0.696. The van der Waals surface area contributed by atoms with Gasteiger partial charge >= 0.3 is 0 Å². The van der Waals surface area contributed by atoms with Gasteiger partial charge in [0.15, 0.2) is 0 Å². The van der Waals surface area contributed by atoms with Crippen molar-refractivity contribution in [2.24, 2.45) is 5.92 Å². The summed E-state index contributed by atoms with van der Waals surface area (Å²) in [4.78, 5) is 0. The minimum absolute atomic E-state index is 0.890. The van der Waals surface area contributed by atoms with E-state index in [1.54, 1.807) is 5.57 Å². The highest BCUT2D eigenvalue weighted by Crippen LogP contribution is 2.31. The highest BCUT2D eigenvalue weighted by molar-refractivity contribution is 6.81. The van der Waals surface area contributed by atoms with Crippen molar-refractivity contribution in [1.29, 1.82) is 0 Å². The molecule has 0 bridgehead atoms. The summed E-state index contributed by atoms with van der Waals surface area (Å²) >= 11 is 0. The first-order valence-corrected chi connectivity index (χ1v) is 8.28. The van der Waals surface area contributed by atoms with Crippen molar-refractivity contribution >= 4 is 8.07 Å². The lowest BCUT2D eigenvalue weighted by Gasteiger charge is -2.13. The zero-order chi connectivity index (χ0) is 8.48. The molecule has 0 saturated heterocycles. The molecule has 64 valence electrons. The van der Waals surface area contributed by atoms with Gasteiger partial charge in [-0.25, -0.2) is 0 Å². The molecule has 0 amide bonds. The normalized spacial score (nSPS) is 29.8. The molecule has 0 aromatic rings. The summed E-state index contributed by atoms with van der Waals surface area (Å²) in [5.41, 5.74) is 4.36. The Kier molecular flexibility index (Phi) is 2.58. The van der Waals surface area contributed by atoms with E-state index in [-0.39, 0.29) is 0 Å². The number of allylic oxidation sites excluding steroid dienone is 1. The van der Waals surface area contributed by atoms with E-state index in [4.69, 9.17) is 0 Å². The van der Waals surface area contributed by atoms with Crippen LogP contribution in [0.4, 0.5) is 0 Å². The molecule has 1 heteroatoms. The molecule has 1 aliphatic rings. The maximum absolute atomic E-state index is 2.60. The first-order chi connectivity index (χ1) is 4.99. The Morgan fingerprint density at radius 1 is 1.36 bits per heavy atom. The van der Waals surface area contributed by atoms with Gasteiger partial charge in [0, 0.05) is 0 Å². The molecule has 0 N–H and O–H groups in total. The van der Waals surface area contributed by atoms with E-state index in [0.717, 1.165) is 5.92 Å². The average Bonchev–Trinajstić information content (AvgIpc) is 2.12. The Hall–Kier alpha value is -0.0431. The number of hydrogen-bond donors (Lipinski definition) is 0. The smallest absolute Gasteiger partial charge is 0.0686 e. The topological polar surface area (TPSA) is 0 Å². The van der Waals surface area contributed by atoms with Crippen molar-refractivity contribution in [3.8, 4) is 0 Å². The van der Waals surface area contributed by atoms with Gasteiger partial charge in [-0.2, -0.15) is 0 Å². The van der Waals surface area contributed by atoms with E-state index in [1.807, 2.05) is 0 Å². The summed E-state index contributed by atoms with van der Waals surface area (Å²) in [5.74, 6) is 0.890. The Balaban J connectivity index is 2.65. The molecule has 11 heavy (non-hydrogen) atoms. The molecule has 0 spiro atoms. The van der Waals surface area contributed by atoms with E-state index < -0.39 is 8.07 Å². The molecular weight excluding hydrogens is 148 g/mol. The second-order valence-corrected chi connectivity index (χ2v) is 9.90. The van der Waals surface area contributed by atoms with Crippen LogP contribution in [0.2, 0.25) is 19.6 Å². The zero-order valence-electron chi connectivity index (χ0n) is 8.28. The molecule has 1 atom stereocenters. The van der Waals surface area contributed by atoms with Crippen molar-refractivity contribution < 1.29 is 0 Å². The van der Waals surface area contributed by atoms with Crippen molar-refractivity contribution in [3.05, 3.63) is 11.3 Å². The lowest BCUT2D eigenvalue weighted by Crippen LogP contribution is -2.17. The average molecular weight is 168 g/mol. The van der Waals surface area contributed by atoms with Gasteiger partial charge in [-0.1, -0.05) is 37.8 Å². The van der Waals surface area contributed by atoms with Crippen LogP contribution < -0.4 is 0 Å². The standard InChI is InChI=1S/C10H20Si/c1-9-6-5-7-10(9)8-11(2,3)4/h8-9H,5-7H2,1-4H3/b10-8+. The number of hydrogen-bond acceptors (Lipinski definition) is 0. The Morgan fingerprint density at radius 3 is 2.36 bits per heavy atom. The summed E-state index contributed by atoms with van der Waals surface area (Å²) in [6.07, 6.45) is 4.24. The summed E-state index contributed by atoms with van der Waals surface area (Å²) in [6, 6.07) is 0. The molecule has 1 unspecified atom stereocenters. The van der Waals surface area contributed by atoms with Gasteiger partial charge in [0.05, 0.1) is 8.07 Å². The Bertz CT molecular complexity index is 162. The molecule has 1 rings (SSSR count). The van der Waals surface area contributed by atoms with Crippen molar-refractivity contribution in [2.45, 2.75) is 45.8 Å². The van der Waals surface area contributed by atoms with Gasteiger partial charge in [-0.3, -0.25) is 0 Å². The van der Waals surface area contributed by atoms with Crippen molar-refractivity contribution in [2.75, 3.05) is 0 Å². The minimum atomic E-state index is -0.926. The number of rotatable bonds is 1. The molecule has 0 aliphatic heterocycles. The Labute approximate surface area is 71.7 Å². The summed E-state index contributed by atoms with van der Waals surface area (Å²) in [5, 5.41) is 0. The summed E-state index contributed by atoms with van der Waals surface area (Å²) in [6.45, 7) is 9.64. The second-order valence-electron chi connectivity index (χ2n) is 4.88. The molecule has 0 nitrogen and oxygen atoms in total. The highest BCUT2D eigenvalue weighted by Gasteiger charge is 2.19. The van der Waals surface area contributed by atoms with E-state index in [2.05, 4.69) is 32.3 Å². The highest BCUT2D eigenvalue weighted by atomic mass is 28.3. The largest absolute Gasteiger partial charge is 0.0955 e. The van der Waals surface area contributed by atoms with Gasteiger partial charge < -0.3 is 0 Å². The van der Waals surface area contributed by atoms with E-state index in [1.165, 1.54) is 19.3 Å². The summed E-state index contributed by atoms with van der Waals surface area (Å²) < 4.78 is 0. The first-order valence-electron chi connectivity index (χ1n) is 4.71.